The van der Waals surface area contributed by atoms with Gasteiger partial charge in [0.25, 0.3) is 5.91 Å². The van der Waals surface area contributed by atoms with Crippen molar-refractivity contribution in [3.8, 4) is 16.9 Å². The van der Waals surface area contributed by atoms with Crippen LogP contribution >= 0.6 is 11.6 Å². The Balaban J connectivity index is 1.32. The Morgan fingerprint density at radius 1 is 0.968 bits per heavy atom. The van der Waals surface area contributed by atoms with Crippen LogP contribution in [0.5, 0.6) is 5.75 Å². The molecule has 0 saturated carbocycles. The lowest BCUT2D eigenvalue weighted by Gasteiger charge is -2.12. The van der Waals surface area contributed by atoms with E-state index in [0.717, 1.165) is 22.3 Å². The van der Waals surface area contributed by atoms with Gasteiger partial charge in [-0.25, -0.2) is 9.67 Å². The predicted molar refractivity (Wildman–Crippen MR) is 120 cm³/mol. The lowest BCUT2D eigenvalue weighted by molar-refractivity contribution is -0.123. The molecule has 4 aromatic rings. The number of amides is 1. The molecule has 31 heavy (non-hydrogen) atoms. The van der Waals surface area contributed by atoms with E-state index in [1.807, 2.05) is 66.7 Å². The van der Waals surface area contributed by atoms with Crippen molar-refractivity contribution in [2.45, 2.75) is 13.1 Å². The normalized spacial score (nSPS) is 10.6. The number of nitrogens with zero attached hydrogens (tertiary/aromatic N) is 3. The van der Waals surface area contributed by atoms with Crippen LogP contribution in [0.1, 0.15) is 11.1 Å². The molecule has 3 aromatic carbocycles. The van der Waals surface area contributed by atoms with Gasteiger partial charge in [-0.1, -0.05) is 72.3 Å². The van der Waals surface area contributed by atoms with Crippen molar-refractivity contribution < 1.29 is 9.53 Å². The van der Waals surface area contributed by atoms with Gasteiger partial charge in [-0.15, -0.1) is 0 Å². The average Bonchev–Trinajstić information content (AvgIpc) is 3.31. The van der Waals surface area contributed by atoms with Gasteiger partial charge in [0.2, 0.25) is 0 Å². The van der Waals surface area contributed by atoms with Crippen molar-refractivity contribution in [2.24, 2.45) is 0 Å². The molecular formula is C24H21ClN4O2. The van der Waals surface area contributed by atoms with Crippen LogP contribution in [0.2, 0.25) is 5.02 Å². The zero-order valence-corrected chi connectivity index (χ0v) is 17.5. The first-order valence-corrected chi connectivity index (χ1v) is 10.2. The molecule has 0 saturated heterocycles. The van der Waals surface area contributed by atoms with E-state index in [-0.39, 0.29) is 12.5 Å². The molecule has 0 aliphatic rings. The molecule has 1 aromatic heterocycles. The van der Waals surface area contributed by atoms with Crippen LogP contribution in [0.15, 0.2) is 85.5 Å². The Morgan fingerprint density at radius 3 is 2.48 bits per heavy atom. The van der Waals surface area contributed by atoms with E-state index >= 15 is 0 Å². The first-order chi connectivity index (χ1) is 15.2. The highest BCUT2D eigenvalue weighted by Gasteiger charge is 2.09. The van der Waals surface area contributed by atoms with Crippen molar-refractivity contribution in [1.82, 2.24) is 20.1 Å². The first-order valence-electron chi connectivity index (χ1n) is 9.83. The highest BCUT2D eigenvalue weighted by Crippen LogP contribution is 2.30. The van der Waals surface area contributed by atoms with Gasteiger partial charge >= 0.3 is 0 Å². The van der Waals surface area contributed by atoms with Gasteiger partial charge in [0, 0.05) is 6.54 Å². The van der Waals surface area contributed by atoms with E-state index in [4.69, 9.17) is 16.3 Å². The van der Waals surface area contributed by atoms with Crippen molar-refractivity contribution >= 4 is 17.5 Å². The van der Waals surface area contributed by atoms with Crippen molar-refractivity contribution in [3.63, 3.8) is 0 Å². The zero-order chi connectivity index (χ0) is 21.5. The molecule has 6 nitrogen and oxygen atoms in total. The van der Waals surface area contributed by atoms with Crippen LogP contribution in [0, 0.1) is 0 Å². The van der Waals surface area contributed by atoms with E-state index < -0.39 is 0 Å². The van der Waals surface area contributed by atoms with E-state index in [1.54, 1.807) is 17.1 Å². The molecule has 0 spiro atoms. The average molecular weight is 433 g/mol. The lowest BCUT2D eigenvalue weighted by atomic mass is 10.1. The number of ether oxygens (including phenoxy) is 1. The number of carbonyl (C=O) groups is 1. The monoisotopic (exact) mass is 432 g/mol. The van der Waals surface area contributed by atoms with Gasteiger partial charge < -0.3 is 10.1 Å². The molecule has 0 atom stereocenters. The second-order valence-electron chi connectivity index (χ2n) is 6.94. The number of aromatic nitrogens is 3. The second kappa shape index (κ2) is 9.91. The fourth-order valence-electron chi connectivity index (χ4n) is 3.19. The van der Waals surface area contributed by atoms with E-state index in [2.05, 4.69) is 15.4 Å². The highest BCUT2D eigenvalue weighted by atomic mass is 35.5. The molecular weight excluding hydrogens is 412 g/mol. The molecule has 0 unspecified atom stereocenters. The van der Waals surface area contributed by atoms with E-state index in [1.165, 1.54) is 6.33 Å². The van der Waals surface area contributed by atoms with Crippen LogP contribution < -0.4 is 10.1 Å². The van der Waals surface area contributed by atoms with Gasteiger partial charge in [-0.2, -0.15) is 5.10 Å². The van der Waals surface area contributed by atoms with Gasteiger partial charge in [0.1, 0.15) is 18.4 Å². The fourth-order valence-corrected chi connectivity index (χ4v) is 3.42. The maximum atomic E-state index is 12.3. The molecule has 0 aliphatic heterocycles. The third kappa shape index (κ3) is 5.49. The minimum atomic E-state index is -0.223. The Labute approximate surface area is 185 Å². The Hall–Kier alpha value is -3.64. The predicted octanol–water partition coefficient (Wildman–Crippen LogP) is 4.34. The fraction of sp³-hybridized carbons (Fsp3) is 0.125. The minimum Gasteiger partial charge on any atom is -0.482 e. The number of carbonyl (C=O) groups excluding carboxylic acids is 1. The number of hydrogen-bond donors (Lipinski definition) is 1. The zero-order valence-electron chi connectivity index (χ0n) is 16.7. The summed E-state index contributed by atoms with van der Waals surface area (Å²) in [6, 6.07) is 23.4. The molecule has 4 rings (SSSR count). The van der Waals surface area contributed by atoms with Gasteiger partial charge in [0.15, 0.2) is 6.61 Å². The summed E-state index contributed by atoms with van der Waals surface area (Å²) >= 11 is 6.35. The van der Waals surface area contributed by atoms with E-state index in [9.17, 15) is 4.79 Å². The maximum Gasteiger partial charge on any atom is 0.258 e. The number of benzene rings is 3. The van der Waals surface area contributed by atoms with Gasteiger partial charge in [-0.05, 0) is 34.4 Å². The Kier molecular flexibility index (Phi) is 6.59. The molecule has 156 valence electrons. The number of hydrogen-bond acceptors (Lipinski definition) is 4. The summed E-state index contributed by atoms with van der Waals surface area (Å²) in [4.78, 5) is 16.3. The molecule has 0 aliphatic carbocycles. The van der Waals surface area contributed by atoms with Crippen LogP contribution in [0.4, 0.5) is 0 Å². The van der Waals surface area contributed by atoms with Crippen molar-refractivity contribution in [1.29, 1.82) is 0 Å². The first kappa shape index (κ1) is 20.6. The summed E-state index contributed by atoms with van der Waals surface area (Å²) in [7, 11) is 0. The van der Waals surface area contributed by atoms with Crippen molar-refractivity contribution in [2.75, 3.05) is 6.61 Å². The van der Waals surface area contributed by atoms with Crippen LogP contribution in [0.3, 0.4) is 0 Å². The summed E-state index contributed by atoms with van der Waals surface area (Å²) in [5.41, 5.74) is 4.13. The SMILES string of the molecule is O=C(COc1ccc(-c2ccccc2)cc1Cl)NCc1ccccc1Cn1cncn1. The topological polar surface area (TPSA) is 69.0 Å². The summed E-state index contributed by atoms with van der Waals surface area (Å²) in [5, 5.41) is 7.49. The Morgan fingerprint density at radius 2 is 1.74 bits per heavy atom. The molecule has 0 bridgehead atoms. The molecule has 0 radical (unpaired) electrons. The molecule has 0 fully saturated rings. The lowest BCUT2D eigenvalue weighted by Crippen LogP contribution is -2.29. The number of halogens is 1. The number of rotatable bonds is 8. The highest BCUT2D eigenvalue weighted by molar-refractivity contribution is 6.32. The quantitative estimate of drug-likeness (QED) is 0.449. The third-order valence-corrected chi connectivity index (χ3v) is 5.09. The van der Waals surface area contributed by atoms with Gasteiger partial charge in [0.05, 0.1) is 11.6 Å². The summed E-state index contributed by atoms with van der Waals surface area (Å²) in [5.74, 6) is 0.252. The van der Waals surface area contributed by atoms with Crippen molar-refractivity contribution in [3.05, 3.63) is 102 Å². The molecule has 1 amide bonds. The standard InChI is InChI=1S/C24H21ClN4O2/c25-22-12-19(18-6-2-1-3-7-18)10-11-23(22)31-15-24(30)27-13-20-8-4-5-9-21(20)14-29-17-26-16-28-29/h1-12,16-17H,13-15H2,(H,27,30). The van der Waals surface area contributed by atoms with E-state index in [0.29, 0.717) is 23.9 Å². The molecule has 1 heterocycles. The molecule has 1 N–H and O–H groups in total. The van der Waals surface area contributed by atoms with Crippen LogP contribution in [-0.4, -0.2) is 27.3 Å². The molecule has 7 heteroatoms. The van der Waals surface area contributed by atoms with Crippen LogP contribution in [0.25, 0.3) is 11.1 Å². The summed E-state index contributed by atoms with van der Waals surface area (Å²) in [6.07, 6.45) is 3.16. The largest absolute Gasteiger partial charge is 0.482 e. The smallest absolute Gasteiger partial charge is 0.258 e. The van der Waals surface area contributed by atoms with Crippen LogP contribution in [-0.2, 0) is 17.9 Å². The van der Waals surface area contributed by atoms with Gasteiger partial charge in [-0.3, -0.25) is 4.79 Å². The summed E-state index contributed by atoms with van der Waals surface area (Å²) in [6.45, 7) is 0.870. The second-order valence-corrected chi connectivity index (χ2v) is 7.35. The maximum absolute atomic E-state index is 12.3. The number of nitrogens with one attached hydrogen (secondary N) is 1. The minimum absolute atomic E-state index is 0.115. The third-order valence-electron chi connectivity index (χ3n) is 4.79. The Bertz CT molecular complexity index is 1150. The summed E-state index contributed by atoms with van der Waals surface area (Å²) < 4.78 is 7.37.